The van der Waals surface area contributed by atoms with Crippen molar-refractivity contribution in [2.45, 2.75) is 78.6 Å². The van der Waals surface area contributed by atoms with Crippen LogP contribution in [0.4, 0.5) is 0 Å². The Bertz CT molecular complexity index is 687. The average molecular weight is 466 g/mol. The maximum atomic E-state index is 6.77. The largest absolute Gasteiger partial charge is 1.00 e. The van der Waals surface area contributed by atoms with Crippen molar-refractivity contribution < 1.29 is 37.4 Å². The van der Waals surface area contributed by atoms with E-state index in [1.807, 2.05) is 21.5 Å². The minimum atomic E-state index is -2.05. The van der Waals surface area contributed by atoms with Gasteiger partial charge in [0.25, 0.3) is 0 Å². The number of hydrogen-bond acceptors (Lipinski definition) is 1. The van der Waals surface area contributed by atoms with E-state index < -0.39 is 30.3 Å². The van der Waals surface area contributed by atoms with Gasteiger partial charge in [0, 0.05) is 0 Å². The Morgan fingerprint density at radius 2 is 1.35 bits per heavy atom. The zero-order chi connectivity index (χ0) is 17.2. The maximum Gasteiger partial charge on any atom is -1.00 e. The third-order valence-corrected chi connectivity index (χ3v) is 20.2. The van der Waals surface area contributed by atoms with E-state index in [4.69, 9.17) is 2.81 Å². The van der Waals surface area contributed by atoms with Crippen molar-refractivity contribution in [1.82, 2.24) is 0 Å². The molecule has 0 bridgehead atoms. The number of rotatable bonds is 2. The normalized spacial score (nSPS) is 31.6. The summed E-state index contributed by atoms with van der Waals surface area (Å²) < 4.78 is 8.40. The number of fused-ring (bicyclic) bond motifs is 4. The first-order valence-corrected chi connectivity index (χ1v) is 17.3. The van der Waals surface area contributed by atoms with Crippen LogP contribution in [0.2, 0.25) is 20.3 Å². The monoisotopic (exact) mass is 464 g/mol. The molecule has 1 aliphatic heterocycles. The summed E-state index contributed by atoms with van der Waals surface area (Å²) in [6.45, 7) is 8.50. The van der Waals surface area contributed by atoms with E-state index in [0.29, 0.717) is 0 Å². The summed E-state index contributed by atoms with van der Waals surface area (Å²) in [7, 11) is -1.49. The molecule has 0 spiro atoms. The van der Waals surface area contributed by atoms with Gasteiger partial charge in [-0.05, 0) is 0 Å². The minimum absolute atomic E-state index is 0. The van der Waals surface area contributed by atoms with Gasteiger partial charge in [-0.3, -0.25) is 0 Å². The smallest absolute Gasteiger partial charge is 1.00 e. The molecule has 4 heteroatoms. The zero-order valence-electron chi connectivity index (χ0n) is 16.5. The van der Waals surface area contributed by atoms with Crippen molar-refractivity contribution in [1.29, 1.82) is 0 Å². The van der Waals surface area contributed by atoms with E-state index >= 15 is 0 Å². The SMILES string of the molecule is CC[O][Zr+]1[CH]2C(=CC3=C2CCCC3)[Si](C)(C)C2=CC3=C(CCCC3)[CH]21.[Cl-]. The van der Waals surface area contributed by atoms with E-state index in [0.717, 1.165) is 13.9 Å². The van der Waals surface area contributed by atoms with Gasteiger partial charge in [0.1, 0.15) is 0 Å². The molecule has 0 saturated carbocycles. The Morgan fingerprint density at radius 1 is 0.885 bits per heavy atom. The zero-order valence-corrected chi connectivity index (χ0v) is 20.7. The van der Waals surface area contributed by atoms with E-state index in [2.05, 4.69) is 32.2 Å². The Labute approximate surface area is 174 Å². The van der Waals surface area contributed by atoms with Gasteiger partial charge in [-0.25, -0.2) is 0 Å². The van der Waals surface area contributed by atoms with Crippen LogP contribution in [0.3, 0.4) is 0 Å². The van der Waals surface area contributed by atoms with E-state index in [1.165, 1.54) is 51.4 Å². The van der Waals surface area contributed by atoms with Crippen LogP contribution in [0, 0.1) is 0 Å². The molecule has 0 radical (unpaired) electrons. The third-order valence-electron chi connectivity index (χ3n) is 7.41. The van der Waals surface area contributed by atoms with Gasteiger partial charge in [-0.1, -0.05) is 0 Å². The fourth-order valence-electron chi connectivity index (χ4n) is 6.21. The van der Waals surface area contributed by atoms with Crippen LogP contribution in [-0.2, 0) is 25.0 Å². The Morgan fingerprint density at radius 3 is 1.81 bits per heavy atom. The number of halogens is 1. The van der Waals surface area contributed by atoms with Gasteiger partial charge >= 0.3 is 163 Å². The second-order valence-electron chi connectivity index (χ2n) is 9.04. The topological polar surface area (TPSA) is 9.23 Å². The molecule has 140 valence electrons. The van der Waals surface area contributed by atoms with Crippen LogP contribution in [0.1, 0.15) is 58.3 Å². The summed E-state index contributed by atoms with van der Waals surface area (Å²) in [6, 6.07) is 0. The molecule has 5 rings (SSSR count). The van der Waals surface area contributed by atoms with Crippen LogP contribution in [0.15, 0.2) is 44.8 Å². The van der Waals surface area contributed by atoms with Crippen molar-refractivity contribution >= 4 is 8.07 Å². The van der Waals surface area contributed by atoms with Gasteiger partial charge in [-0.2, -0.15) is 0 Å². The van der Waals surface area contributed by atoms with E-state index in [1.54, 1.807) is 11.1 Å². The summed E-state index contributed by atoms with van der Waals surface area (Å²) in [5, 5.41) is 3.79. The average Bonchev–Trinajstić information content (AvgIpc) is 3.19. The molecule has 1 fully saturated rings. The molecule has 0 aromatic carbocycles. The summed E-state index contributed by atoms with van der Waals surface area (Å²) in [5.74, 6) is 0. The van der Waals surface area contributed by atoms with Crippen molar-refractivity contribution in [2.75, 3.05) is 6.61 Å². The quantitative estimate of drug-likeness (QED) is 0.566. The van der Waals surface area contributed by atoms with Gasteiger partial charge in [-0.15, -0.1) is 0 Å². The molecule has 0 aromatic heterocycles. The van der Waals surface area contributed by atoms with Crippen molar-refractivity contribution in [3.63, 3.8) is 0 Å². The first-order valence-electron chi connectivity index (χ1n) is 10.5. The second kappa shape index (κ2) is 7.29. The number of hydrogen-bond donors (Lipinski definition) is 0. The van der Waals surface area contributed by atoms with Crippen LogP contribution in [0.25, 0.3) is 0 Å². The fraction of sp³-hybridized carbons (Fsp3) is 0.636. The maximum absolute atomic E-state index is 6.77. The summed E-state index contributed by atoms with van der Waals surface area (Å²) in [5.41, 5.74) is 7.24. The molecule has 0 N–H and O–H groups in total. The molecule has 5 aliphatic rings. The molecule has 0 aromatic rings. The molecular weight excluding hydrogens is 435 g/mol. The molecule has 2 unspecified atom stereocenters. The first kappa shape index (κ1) is 19.6. The Hall–Kier alpha value is 0.310. The van der Waals surface area contributed by atoms with Crippen LogP contribution in [0.5, 0.6) is 0 Å². The van der Waals surface area contributed by atoms with Gasteiger partial charge in [0.2, 0.25) is 0 Å². The number of allylic oxidation sites excluding steroid dienone is 8. The molecule has 1 saturated heterocycles. The van der Waals surface area contributed by atoms with Crippen LogP contribution >= 0.6 is 0 Å². The van der Waals surface area contributed by atoms with Crippen LogP contribution < -0.4 is 12.4 Å². The van der Waals surface area contributed by atoms with Crippen molar-refractivity contribution in [3.05, 3.63) is 44.8 Å². The van der Waals surface area contributed by atoms with E-state index in [9.17, 15) is 0 Å². The summed E-state index contributed by atoms with van der Waals surface area (Å²) >= 11 is -2.05. The molecule has 1 heterocycles. The Balaban J connectivity index is 0.00000168. The molecule has 0 amide bonds. The summed E-state index contributed by atoms with van der Waals surface area (Å²) in [6.07, 6.45) is 16.5. The molecular formula is C22H31ClOSiZr. The third kappa shape index (κ3) is 2.75. The predicted molar refractivity (Wildman–Crippen MR) is 104 cm³/mol. The minimum Gasteiger partial charge on any atom is -1.00 e. The standard InChI is InChI=1S/C20H26Si.C2H5O.ClH.Zr/c1-21(2,19-11-15-7-3-4-8-16(15)12-19)20-13-17-9-5-6-10-18(17)14-20;1-2-3;;/h11-14H,3-10H2,1-2H3;2H2,1H3;1H;/q;-1;;+2/p-1. The fourth-order valence-corrected chi connectivity index (χ4v) is 24.1. The molecule has 2 atom stereocenters. The van der Waals surface area contributed by atoms with Crippen molar-refractivity contribution in [2.24, 2.45) is 0 Å². The second-order valence-corrected chi connectivity index (χ2v) is 19.0. The van der Waals surface area contributed by atoms with Gasteiger partial charge in [0.05, 0.1) is 0 Å². The van der Waals surface area contributed by atoms with Crippen molar-refractivity contribution in [3.8, 4) is 0 Å². The van der Waals surface area contributed by atoms with Gasteiger partial charge in [0.15, 0.2) is 0 Å². The van der Waals surface area contributed by atoms with E-state index in [-0.39, 0.29) is 12.4 Å². The molecule has 4 aliphatic carbocycles. The Kier molecular flexibility index (Phi) is 5.50. The first-order chi connectivity index (χ1) is 12.1. The summed E-state index contributed by atoms with van der Waals surface area (Å²) in [4.78, 5) is 0. The molecule has 1 nitrogen and oxygen atoms in total. The molecule has 26 heavy (non-hydrogen) atoms. The predicted octanol–water partition coefficient (Wildman–Crippen LogP) is 3.56. The van der Waals surface area contributed by atoms with Crippen LogP contribution in [-0.4, -0.2) is 14.7 Å². The van der Waals surface area contributed by atoms with Gasteiger partial charge < -0.3 is 12.4 Å².